The molecule has 0 aromatic carbocycles. The Morgan fingerprint density at radius 1 is 0.727 bits per heavy atom. The highest BCUT2D eigenvalue weighted by atomic mass is 16.3. The minimum absolute atomic E-state index is 0.129. The minimum atomic E-state index is -0.129. The lowest BCUT2D eigenvalue weighted by atomic mass is 9.90. The lowest BCUT2D eigenvalue weighted by molar-refractivity contribution is 0.0352. The van der Waals surface area contributed by atoms with E-state index in [2.05, 4.69) is 11.8 Å². The molecule has 0 aromatic rings. The normalized spacial score (nSPS) is 25.2. The van der Waals surface area contributed by atoms with Crippen LogP contribution in [0.3, 0.4) is 0 Å². The molecule has 0 aliphatic heterocycles. The fourth-order valence-corrected chi connectivity index (χ4v) is 4.50. The number of hydrogen-bond donors (Lipinski definition) is 1. The van der Waals surface area contributed by atoms with Crippen molar-refractivity contribution >= 4 is 0 Å². The molecule has 22 heavy (non-hydrogen) atoms. The Balaban J connectivity index is 2.01. The second-order valence-corrected chi connectivity index (χ2v) is 7.76. The molecule has 0 radical (unpaired) electrons. The molecule has 0 saturated heterocycles. The van der Waals surface area contributed by atoms with Crippen molar-refractivity contribution in [2.75, 3.05) is 6.54 Å². The van der Waals surface area contributed by atoms with Gasteiger partial charge in [-0.2, -0.15) is 0 Å². The van der Waals surface area contributed by atoms with Gasteiger partial charge < -0.3 is 5.11 Å². The molecule has 2 fully saturated rings. The molecule has 2 aliphatic rings. The highest BCUT2D eigenvalue weighted by molar-refractivity contribution is 4.83. The Hall–Kier alpha value is -0.0800. The first-order valence-electron chi connectivity index (χ1n) is 10.2. The molecule has 2 saturated carbocycles. The van der Waals surface area contributed by atoms with Crippen LogP contribution < -0.4 is 0 Å². The lowest BCUT2D eigenvalue weighted by Crippen LogP contribution is -2.47. The smallest absolute Gasteiger partial charge is 0.0664 e. The maximum absolute atomic E-state index is 10.3. The summed E-state index contributed by atoms with van der Waals surface area (Å²) in [5.41, 5.74) is 0. The zero-order chi connectivity index (χ0) is 15.6. The number of aliphatic hydroxyl groups is 1. The standard InChI is InChI=1S/C20H39NO/c1-2-20(22)17-21(18-13-9-5-3-6-10-14-18)19-15-11-7-4-8-12-16-19/h18-20,22H,2-17H2,1H3. The summed E-state index contributed by atoms with van der Waals surface area (Å²) in [6, 6.07) is 1.48. The van der Waals surface area contributed by atoms with Crippen LogP contribution in [-0.2, 0) is 0 Å². The van der Waals surface area contributed by atoms with E-state index in [1.807, 2.05) is 0 Å². The van der Waals surface area contributed by atoms with Crippen molar-refractivity contribution in [3.8, 4) is 0 Å². The lowest BCUT2D eigenvalue weighted by Gasteiger charge is -2.41. The van der Waals surface area contributed by atoms with Crippen molar-refractivity contribution in [2.24, 2.45) is 0 Å². The van der Waals surface area contributed by atoms with E-state index in [-0.39, 0.29) is 6.10 Å². The molecule has 0 aromatic heterocycles. The highest BCUT2D eigenvalue weighted by Crippen LogP contribution is 2.28. The van der Waals surface area contributed by atoms with Gasteiger partial charge in [-0.15, -0.1) is 0 Å². The topological polar surface area (TPSA) is 23.5 Å². The maximum atomic E-state index is 10.3. The van der Waals surface area contributed by atoms with E-state index >= 15 is 0 Å². The van der Waals surface area contributed by atoms with Gasteiger partial charge >= 0.3 is 0 Å². The van der Waals surface area contributed by atoms with Crippen LogP contribution in [0.5, 0.6) is 0 Å². The Morgan fingerprint density at radius 3 is 1.45 bits per heavy atom. The largest absolute Gasteiger partial charge is 0.392 e. The molecule has 0 bridgehead atoms. The first-order valence-corrected chi connectivity index (χ1v) is 10.2. The summed E-state index contributed by atoms with van der Waals surface area (Å²) in [4.78, 5) is 2.77. The van der Waals surface area contributed by atoms with E-state index < -0.39 is 0 Å². The van der Waals surface area contributed by atoms with Gasteiger partial charge in [0.15, 0.2) is 0 Å². The van der Waals surface area contributed by atoms with E-state index in [9.17, 15) is 5.11 Å². The number of aliphatic hydroxyl groups excluding tert-OH is 1. The fourth-order valence-electron chi connectivity index (χ4n) is 4.50. The van der Waals surface area contributed by atoms with Crippen LogP contribution in [0.25, 0.3) is 0 Å². The third-order valence-electron chi connectivity index (χ3n) is 5.98. The molecule has 130 valence electrons. The third kappa shape index (κ3) is 6.20. The van der Waals surface area contributed by atoms with E-state index in [1.165, 1.54) is 89.9 Å². The molecule has 0 heterocycles. The molecular formula is C20H39NO. The number of hydrogen-bond acceptors (Lipinski definition) is 2. The predicted molar refractivity (Wildman–Crippen MR) is 95.2 cm³/mol. The second-order valence-electron chi connectivity index (χ2n) is 7.76. The molecule has 1 unspecified atom stereocenters. The van der Waals surface area contributed by atoms with Crippen LogP contribution in [0, 0.1) is 0 Å². The maximum Gasteiger partial charge on any atom is 0.0664 e. The number of rotatable bonds is 5. The molecule has 2 rings (SSSR count). The van der Waals surface area contributed by atoms with Crippen molar-refractivity contribution < 1.29 is 5.11 Å². The van der Waals surface area contributed by atoms with Gasteiger partial charge in [0.1, 0.15) is 0 Å². The third-order valence-corrected chi connectivity index (χ3v) is 5.98. The molecule has 2 nitrogen and oxygen atoms in total. The van der Waals surface area contributed by atoms with Gasteiger partial charge in [0.25, 0.3) is 0 Å². The van der Waals surface area contributed by atoms with Crippen LogP contribution in [0.4, 0.5) is 0 Å². The second kappa shape index (κ2) is 10.6. The average Bonchev–Trinajstić information content (AvgIpc) is 2.45. The first-order chi connectivity index (χ1) is 10.8. The van der Waals surface area contributed by atoms with Gasteiger partial charge in [0.05, 0.1) is 6.10 Å². The molecule has 1 N–H and O–H groups in total. The summed E-state index contributed by atoms with van der Waals surface area (Å²) in [7, 11) is 0. The van der Waals surface area contributed by atoms with Crippen molar-refractivity contribution in [2.45, 2.75) is 121 Å². The zero-order valence-corrected chi connectivity index (χ0v) is 14.9. The monoisotopic (exact) mass is 309 g/mol. The van der Waals surface area contributed by atoms with Crippen molar-refractivity contribution in [1.29, 1.82) is 0 Å². The average molecular weight is 310 g/mol. The summed E-state index contributed by atoms with van der Waals surface area (Å²) in [6.45, 7) is 3.05. The quantitative estimate of drug-likeness (QED) is 0.746. The van der Waals surface area contributed by atoms with E-state index in [0.717, 1.165) is 25.0 Å². The van der Waals surface area contributed by atoms with Crippen LogP contribution in [0.2, 0.25) is 0 Å². The van der Waals surface area contributed by atoms with Crippen LogP contribution >= 0.6 is 0 Å². The molecule has 0 spiro atoms. The molecule has 1 atom stereocenters. The van der Waals surface area contributed by atoms with E-state index in [0.29, 0.717) is 0 Å². The van der Waals surface area contributed by atoms with Gasteiger partial charge in [-0.3, -0.25) is 4.90 Å². The summed E-state index contributed by atoms with van der Waals surface area (Å²) >= 11 is 0. The van der Waals surface area contributed by atoms with Gasteiger partial charge in [-0.25, -0.2) is 0 Å². The molecule has 2 aliphatic carbocycles. The zero-order valence-electron chi connectivity index (χ0n) is 14.9. The summed E-state index contributed by atoms with van der Waals surface area (Å²) in [5, 5.41) is 10.3. The Bertz CT molecular complexity index is 243. The van der Waals surface area contributed by atoms with E-state index in [1.54, 1.807) is 0 Å². The van der Waals surface area contributed by atoms with Crippen molar-refractivity contribution in [3.63, 3.8) is 0 Å². The van der Waals surface area contributed by atoms with Crippen LogP contribution in [-0.4, -0.2) is 34.7 Å². The highest BCUT2D eigenvalue weighted by Gasteiger charge is 2.28. The summed E-state index contributed by atoms with van der Waals surface area (Å²) in [6.07, 6.45) is 20.4. The van der Waals surface area contributed by atoms with Crippen molar-refractivity contribution in [1.82, 2.24) is 4.90 Å². The summed E-state index contributed by atoms with van der Waals surface area (Å²) in [5.74, 6) is 0. The molecule has 0 amide bonds. The SMILES string of the molecule is CCC(O)CN(C1CCCCCCC1)C1CCCCCCC1. The Kier molecular flexibility index (Phi) is 8.84. The minimum Gasteiger partial charge on any atom is -0.392 e. The van der Waals surface area contributed by atoms with Gasteiger partial charge in [-0.1, -0.05) is 71.1 Å². The predicted octanol–water partition coefficient (Wildman–Crippen LogP) is 5.29. The van der Waals surface area contributed by atoms with Crippen LogP contribution in [0.1, 0.15) is 103 Å². The van der Waals surface area contributed by atoms with Gasteiger partial charge in [0, 0.05) is 18.6 Å². The molecular weight excluding hydrogens is 270 g/mol. The van der Waals surface area contributed by atoms with Gasteiger partial charge in [-0.05, 0) is 32.1 Å². The Labute approximate surface area is 138 Å². The summed E-state index contributed by atoms with van der Waals surface area (Å²) < 4.78 is 0. The van der Waals surface area contributed by atoms with Gasteiger partial charge in [0.2, 0.25) is 0 Å². The Morgan fingerprint density at radius 2 is 1.09 bits per heavy atom. The fraction of sp³-hybridized carbons (Fsp3) is 1.00. The molecule has 2 heteroatoms. The van der Waals surface area contributed by atoms with E-state index in [4.69, 9.17) is 0 Å². The number of nitrogens with zero attached hydrogens (tertiary/aromatic N) is 1. The van der Waals surface area contributed by atoms with Crippen molar-refractivity contribution in [3.05, 3.63) is 0 Å². The van der Waals surface area contributed by atoms with Crippen LogP contribution in [0.15, 0.2) is 0 Å². The first kappa shape index (κ1) is 18.3.